The summed E-state index contributed by atoms with van der Waals surface area (Å²) in [7, 11) is 6.12. The minimum absolute atomic E-state index is 0.152. The summed E-state index contributed by atoms with van der Waals surface area (Å²) in [6.45, 7) is 0. The zero-order valence-electron chi connectivity index (χ0n) is 14.3. The highest BCUT2D eigenvalue weighted by Gasteiger charge is 2.27. The third-order valence-corrected chi connectivity index (χ3v) is 3.80. The molecular weight excluding hydrogens is 300 g/mol. The van der Waals surface area contributed by atoms with Crippen molar-refractivity contribution in [3.8, 4) is 0 Å². The average Bonchev–Trinajstić information content (AvgIpc) is 2.58. The number of hydrogen-bond donors (Lipinski definition) is 4. The maximum Gasteiger partial charge on any atom is 0.222 e. The van der Waals surface area contributed by atoms with Crippen LogP contribution in [0.4, 0.5) is 0 Å². The van der Waals surface area contributed by atoms with E-state index in [-0.39, 0.29) is 36.5 Å². The molecule has 0 rings (SSSR count). The van der Waals surface area contributed by atoms with Crippen LogP contribution in [-0.4, -0.2) is 51.8 Å². The van der Waals surface area contributed by atoms with Gasteiger partial charge in [-0.15, -0.1) is 0 Å². The third kappa shape index (κ3) is 8.18. The van der Waals surface area contributed by atoms with Crippen LogP contribution in [0, 0.1) is 11.8 Å². The summed E-state index contributed by atoms with van der Waals surface area (Å²) in [6.07, 6.45) is 1.43. The first-order chi connectivity index (χ1) is 10.9. The lowest BCUT2D eigenvalue weighted by Gasteiger charge is -2.21. The van der Waals surface area contributed by atoms with Crippen LogP contribution in [0.5, 0.6) is 0 Å². The Labute approximate surface area is 137 Å². The van der Waals surface area contributed by atoms with Crippen LogP contribution < -0.4 is 21.3 Å². The molecule has 0 bridgehead atoms. The van der Waals surface area contributed by atoms with Gasteiger partial charge in [0.15, 0.2) is 0 Å². The SMILES string of the molecule is CNC(=O)CC[C@H](C[C@H](CCC(=O)NC)C(=O)NC)C(=O)NC. The number of carbonyl (C=O) groups is 4. The molecule has 0 aromatic heterocycles. The molecule has 0 saturated heterocycles. The molecule has 2 atom stereocenters. The predicted octanol–water partition coefficient (Wildman–Crippen LogP) is -0.847. The van der Waals surface area contributed by atoms with Gasteiger partial charge in [0.2, 0.25) is 23.6 Å². The topological polar surface area (TPSA) is 116 Å². The molecular formula is C15H28N4O4. The largest absolute Gasteiger partial charge is 0.359 e. The Kier molecular flexibility index (Phi) is 10.4. The third-order valence-electron chi connectivity index (χ3n) is 3.80. The summed E-state index contributed by atoms with van der Waals surface area (Å²) in [5.41, 5.74) is 0. The van der Waals surface area contributed by atoms with Crippen LogP contribution in [0.2, 0.25) is 0 Å². The van der Waals surface area contributed by atoms with Gasteiger partial charge in [0.25, 0.3) is 0 Å². The van der Waals surface area contributed by atoms with Gasteiger partial charge in [-0.3, -0.25) is 19.2 Å². The molecule has 0 heterocycles. The minimum atomic E-state index is -0.454. The Morgan fingerprint density at radius 2 is 1.00 bits per heavy atom. The highest BCUT2D eigenvalue weighted by molar-refractivity contribution is 5.83. The molecule has 0 spiro atoms. The smallest absolute Gasteiger partial charge is 0.222 e. The lowest BCUT2D eigenvalue weighted by Crippen LogP contribution is -2.35. The molecule has 0 aliphatic carbocycles. The molecule has 23 heavy (non-hydrogen) atoms. The maximum atomic E-state index is 12.0. The average molecular weight is 328 g/mol. The van der Waals surface area contributed by atoms with E-state index in [4.69, 9.17) is 0 Å². The van der Waals surface area contributed by atoms with Gasteiger partial charge in [-0.05, 0) is 19.3 Å². The van der Waals surface area contributed by atoms with E-state index in [1.165, 1.54) is 28.2 Å². The Morgan fingerprint density at radius 1 is 0.652 bits per heavy atom. The number of nitrogens with one attached hydrogen (secondary N) is 4. The summed E-state index contributed by atoms with van der Waals surface area (Å²) in [6, 6.07) is 0. The molecule has 4 amide bonds. The van der Waals surface area contributed by atoms with Crippen LogP contribution in [0.25, 0.3) is 0 Å². The first-order valence-electron chi connectivity index (χ1n) is 7.73. The van der Waals surface area contributed by atoms with E-state index < -0.39 is 11.8 Å². The molecule has 0 aliphatic heterocycles. The first-order valence-corrected chi connectivity index (χ1v) is 7.73. The first kappa shape index (κ1) is 20.9. The fraction of sp³-hybridized carbons (Fsp3) is 0.733. The van der Waals surface area contributed by atoms with Gasteiger partial charge in [0.1, 0.15) is 0 Å². The molecule has 4 N–H and O–H groups in total. The van der Waals surface area contributed by atoms with Crippen molar-refractivity contribution in [3.63, 3.8) is 0 Å². The van der Waals surface area contributed by atoms with Crippen LogP contribution in [0.3, 0.4) is 0 Å². The molecule has 0 unspecified atom stereocenters. The van der Waals surface area contributed by atoms with E-state index >= 15 is 0 Å². The van der Waals surface area contributed by atoms with Crippen LogP contribution in [-0.2, 0) is 19.2 Å². The molecule has 0 aromatic rings. The predicted molar refractivity (Wildman–Crippen MR) is 86.3 cm³/mol. The molecule has 132 valence electrons. The Balaban J connectivity index is 4.88. The number of hydrogen-bond acceptors (Lipinski definition) is 4. The second kappa shape index (κ2) is 11.4. The molecule has 0 aliphatic rings. The van der Waals surface area contributed by atoms with E-state index in [1.54, 1.807) is 0 Å². The normalized spacial score (nSPS) is 12.7. The van der Waals surface area contributed by atoms with Gasteiger partial charge >= 0.3 is 0 Å². The van der Waals surface area contributed by atoms with E-state index in [1.807, 2.05) is 0 Å². The lowest BCUT2D eigenvalue weighted by molar-refractivity contribution is -0.128. The fourth-order valence-electron chi connectivity index (χ4n) is 2.32. The van der Waals surface area contributed by atoms with Gasteiger partial charge in [0.05, 0.1) is 0 Å². The van der Waals surface area contributed by atoms with E-state index in [9.17, 15) is 19.2 Å². The standard InChI is InChI=1S/C15H28N4O4/c1-16-12(20)7-5-10(14(22)18-3)9-11(15(23)19-4)6-8-13(21)17-2/h10-11H,5-9H2,1-4H3,(H,16,20)(H,17,21)(H,18,22)(H,19,23)/t10-,11+. The molecule has 0 fully saturated rings. The molecule has 8 nitrogen and oxygen atoms in total. The van der Waals surface area contributed by atoms with E-state index in [0.717, 1.165) is 0 Å². The molecule has 8 heteroatoms. The van der Waals surface area contributed by atoms with Crippen molar-refractivity contribution in [1.29, 1.82) is 0 Å². The van der Waals surface area contributed by atoms with Crippen molar-refractivity contribution < 1.29 is 19.2 Å². The second-order valence-corrected chi connectivity index (χ2v) is 5.28. The quantitative estimate of drug-likeness (QED) is 0.418. The van der Waals surface area contributed by atoms with Crippen LogP contribution in [0.15, 0.2) is 0 Å². The van der Waals surface area contributed by atoms with E-state index in [0.29, 0.717) is 19.3 Å². The van der Waals surface area contributed by atoms with Gasteiger partial charge in [-0.25, -0.2) is 0 Å². The van der Waals surface area contributed by atoms with Gasteiger partial charge in [-0.2, -0.15) is 0 Å². The highest BCUT2D eigenvalue weighted by Crippen LogP contribution is 2.22. The van der Waals surface area contributed by atoms with Crippen molar-refractivity contribution in [2.75, 3.05) is 28.2 Å². The number of rotatable bonds is 10. The zero-order chi connectivity index (χ0) is 17.8. The van der Waals surface area contributed by atoms with Gasteiger partial charge in [0, 0.05) is 52.9 Å². The van der Waals surface area contributed by atoms with Crippen molar-refractivity contribution >= 4 is 23.6 Å². The number of carbonyl (C=O) groups excluding carboxylic acids is 4. The van der Waals surface area contributed by atoms with Crippen LogP contribution >= 0.6 is 0 Å². The van der Waals surface area contributed by atoms with Crippen molar-refractivity contribution in [1.82, 2.24) is 21.3 Å². The molecule has 0 radical (unpaired) electrons. The summed E-state index contributed by atoms with van der Waals surface area (Å²) in [4.78, 5) is 46.8. The van der Waals surface area contributed by atoms with Crippen molar-refractivity contribution in [2.45, 2.75) is 32.1 Å². The van der Waals surface area contributed by atoms with E-state index in [2.05, 4.69) is 21.3 Å². The van der Waals surface area contributed by atoms with Crippen molar-refractivity contribution in [3.05, 3.63) is 0 Å². The number of amides is 4. The second-order valence-electron chi connectivity index (χ2n) is 5.28. The van der Waals surface area contributed by atoms with Gasteiger partial charge < -0.3 is 21.3 Å². The Bertz CT molecular complexity index is 388. The summed E-state index contributed by atoms with van der Waals surface area (Å²) in [5.74, 6) is -1.62. The summed E-state index contributed by atoms with van der Waals surface area (Å²) < 4.78 is 0. The minimum Gasteiger partial charge on any atom is -0.359 e. The molecule has 0 saturated carbocycles. The van der Waals surface area contributed by atoms with Crippen LogP contribution in [0.1, 0.15) is 32.1 Å². The van der Waals surface area contributed by atoms with Crippen molar-refractivity contribution in [2.24, 2.45) is 11.8 Å². The highest BCUT2D eigenvalue weighted by atomic mass is 16.2. The summed E-state index contributed by atoms with van der Waals surface area (Å²) >= 11 is 0. The Hall–Kier alpha value is -2.12. The molecule has 0 aromatic carbocycles. The monoisotopic (exact) mass is 328 g/mol. The zero-order valence-corrected chi connectivity index (χ0v) is 14.3. The fourth-order valence-corrected chi connectivity index (χ4v) is 2.32. The lowest BCUT2D eigenvalue weighted by atomic mass is 9.86. The van der Waals surface area contributed by atoms with Gasteiger partial charge in [-0.1, -0.05) is 0 Å². The Morgan fingerprint density at radius 3 is 1.26 bits per heavy atom. The summed E-state index contributed by atoms with van der Waals surface area (Å²) in [5, 5.41) is 10.1. The maximum absolute atomic E-state index is 12.0.